The SMILES string of the molecule is CN(C)CCCNc1c2ccccc2nc2c([N+](=O)[O-])cccc12.Cl.Cl. The van der Waals surface area contributed by atoms with Crippen molar-refractivity contribution < 1.29 is 4.92 Å². The maximum Gasteiger partial charge on any atom is 0.295 e. The molecule has 0 spiro atoms. The third kappa shape index (κ3) is 4.52. The molecule has 1 N–H and O–H groups in total. The number of anilines is 1. The molecule has 2 aromatic carbocycles. The molecule has 0 aliphatic carbocycles. The normalized spacial score (nSPS) is 10.4. The molecule has 1 aromatic heterocycles. The highest BCUT2D eigenvalue weighted by atomic mass is 35.5. The lowest BCUT2D eigenvalue weighted by Crippen LogP contribution is -2.16. The highest BCUT2D eigenvalue weighted by Crippen LogP contribution is 2.34. The van der Waals surface area contributed by atoms with Crippen molar-refractivity contribution in [3.8, 4) is 0 Å². The van der Waals surface area contributed by atoms with E-state index >= 15 is 0 Å². The topological polar surface area (TPSA) is 71.3 Å². The highest BCUT2D eigenvalue weighted by Gasteiger charge is 2.17. The molecule has 0 atom stereocenters. The van der Waals surface area contributed by atoms with Gasteiger partial charge in [0.15, 0.2) is 5.52 Å². The van der Waals surface area contributed by atoms with Gasteiger partial charge in [-0.2, -0.15) is 0 Å². The molecule has 26 heavy (non-hydrogen) atoms. The molecule has 0 amide bonds. The molecule has 0 fully saturated rings. The number of benzene rings is 2. The molecule has 0 saturated heterocycles. The van der Waals surface area contributed by atoms with Crippen LogP contribution in [-0.4, -0.2) is 42.0 Å². The first-order valence-electron chi connectivity index (χ1n) is 7.92. The molecule has 0 unspecified atom stereocenters. The Morgan fingerprint density at radius 1 is 1.08 bits per heavy atom. The molecule has 3 rings (SSSR count). The second-order valence-corrected chi connectivity index (χ2v) is 6.02. The van der Waals surface area contributed by atoms with Crippen molar-refractivity contribution in [2.24, 2.45) is 0 Å². The number of aromatic nitrogens is 1. The van der Waals surface area contributed by atoms with Gasteiger partial charge in [-0.05, 0) is 33.1 Å². The molecular formula is C18H22Cl2N4O2. The maximum atomic E-state index is 11.3. The van der Waals surface area contributed by atoms with Gasteiger partial charge in [0.25, 0.3) is 5.69 Å². The number of halogens is 2. The Balaban J connectivity index is 0.00000169. The maximum absolute atomic E-state index is 11.3. The number of nitrogens with zero attached hydrogens (tertiary/aromatic N) is 3. The van der Waals surface area contributed by atoms with Crippen LogP contribution in [-0.2, 0) is 0 Å². The van der Waals surface area contributed by atoms with Crippen molar-refractivity contribution in [2.45, 2.75) is 6.42 Å². The summed E-state index contributed by atoms with van der Waals surface area (Å²) in [6.07, 6.45) is 0.986. The summed E-state index contributed by atoms with van der Waals surface area (Å²) in [6, 6.07) is 12.8. The molecule has 6 nitrogen and oxygen atoms in total. The smallest absolute Gasteiger partial charge is 0.295 e. The Kier molecular flexibility index (Phi) is 8.02. The first-order chi connectivity index (χ1) is 11.6. The largest absolute Gasteiger partial charge is 0.384 e. The molecule has 1 heterocycles. The second kappa shape index (κ2) is 9.52. The minimum absolute atomic E-state index is 0. The quantitative estimate of drug-likeness (QED) is 0.287. The van der Waals surface area contributed by atoms with E-state index in [1.807, 2.05) is 44.4 Å². The fourth-order valence-electron chi connectivity index (χ4n) is 2.85. The van der Waals surface area contributed by atoms with Gasteiger partial charge in [-0.3, -0.25) is 10.1 Å². The molecule has 8 heteroatoms. The van der Waals surface area contributed by atoms with Crippen LogP contribution in [0, 0.1) is 10.1 Å². The fraction of sp³-hybridized carbons (Fsp3) is 0.278. The lowest BCUT2D eigenvalue weighted by Gasteiger charge is -2.14. The number of fused-ring (bicyclic) bond motifs is 2. The van der Waals surface area contributed by atoms with Gasteiger partial charge in [-0.25, -0.2) is 4.98 Å². The second-order valence-electron chi connectivity index (χ2n) is 6.02. The van der Waals surface area contributed by atoms with E-state index in [9.17, 15) is 10.1 Å². The van der Waals surface area contributed by atoms with E-state index < -0.39 is 0 Å². The summed E-state index contributed by atoms with van der Waals surface area (Å²) in [6.45, 7) is 1.78. The van der Waals surface area contributed by atoms with Crippen molar-refractivity contribution in [1.29, 1.82) is 0 Å². The van der Waals surface area contributed by atoms with Gasteiger partial charge >= 0.3 is 0 Å². The third-order valence-electron chi connectivity index (χ3n) is 3.97. The van der Waals surface area contributed by atoms with E-state index in [1.165, 1.54) is 6.07 Å². The molecular weight excluding hydrogens is 375 g/mol. The van der Waals surface area contributed by atoms with Crippen LogP contribution >= 0.6 is 24.8 Å². The zero-order valence-corrected chi connectivity index (χ0v) is 16.3. The first kappa shape index (κ1) is 21.9. The molecule has 0 saturated carbocycles. The van der Waals surface area contributed by atoms with Gasteiger partial charge in [0.2, 0.25) is 0 Å². The molecule has 140 valence electrons. The predicted octanol–water partition coefficient (Wildman–Crippen LogP) is 4.50. The van der Waals surface area contributed by atoms with Gasteiger partial charge in [0.1, 0.15) is 0 Å². The number of hydrogen-bond acceptors (Lipinski definition) is 5. The summed E-state index contributed by atoms with van der Waals surface area (Å²) in [5.41, 5.74) is 2.14. The Labute approximate surface area is 164 Å². The number of nitro benzene ring substituents is 1. The van der Waals surface area contributed by atoms with Crippen LogP contribution in [0.1, 0.15) is 6.42 Å². The van der Waals surface area contributed by atoms with Crippen LogP contribution in [0.25, 0.3) is 21.8 Å². The Morgan fingerprint density at radius 3 is 2.46 bits per heavy atom. The number of pyridine rings is 1. The number of nitro groups is 1. The van der Waals surface area contributed by atoms with Gasteiger partial charge < -0.3 is 10.2 Å². The summed E-state index contributed by atoms with van der Waals surface area (Å²) in [4.78, 5) is 17.6. The summed E-state index contributed by atoms with van der Waals surface area (Å²) in [5.74, 6) is 0. The van der Waals surface area contributed by atoms with Crippen molar-refractivity contribution >= 4 is 58.0 Å². The van der Waals surface area contributed by atoms with Gasteiger partial charge in [-0.1, -0.05) is 30.3 Å². The third-order valence-corrected chi connectivity index (χ3v) is 3.97. The Morgan fingerprint density at radius 2 is 1.77 bits per heavy atom. The summed E-state index contributed by atoms with van der Waals surface area (Å²) in [5, 5.41) is 16.6. The molecule has 0 bridgehead atoms. The minimum Gasteiger partial charge on any atom is -0.384 e. The standard InChI is InChI=1S/C18H20N4O2.2ClH/c1-21(2)12-6-11-19-17-13-7-3-4-9-15(13)20-18-14(17)8-5-10-16(18)22(23)24;;/h3-5,7-10H,6,11-12H2,1-2H3,(H,19,20);2*1H. The zero-order valence-electron chi connectivity index (χ0n) is 14.6. The lowest BCUT2D eigenvalue weighted by atomic mass is 10.1. The number of non-ortho nitro benzene ring substituents is 1. The zero-order chi connectivity index (χ0) is 17.1. The Bertz CT molecular complexity index is 903. The molecule has 0 aliphatic rings. The van der Waals surface area contributed by atoms with Crippen LogP contribution in [0.2, 0.25) is 0 Å². The van der Waals surface area contributed by atoms with Gasteiger partial charge in [-0.15, -0.1) is 24.8 Å². The highest BCUT2D eigenvalue weighted by molar-refractivity contribution is 6.09. The first-order valence-corrected chi connectivity index (χ1v) is 7.92. The van der Waals surface area contributed by atoms with Crippen molar-refractivity contribution in [2.75, 3.05) is 32.5 Å². The Hall–Kier alpha value is -2.15. The monoisotopic (exact) mass is 396 g/mol. The van der Waals surface area contributed by atoms with E-state index in [1.54, 1.807) is 6.07 Å². The fourth-order valence-corrected chi connectivity index (χ4v) is 2.85. The van der Waals surface area contributed by atoms with E-state index in [0.717, 1.165) is 41.5 Å². The van der Waals surface area contributed by atoms with Crippen molar-refractivity contribution in [1.82, 2.24) is 9.88 Å². The summed E-state index contributed by atoms with van der Waals surface area (Å²) in [7, 11) is 4.08. The molecule has 0 radical (unpaired) electrons. The van der Waals surface area contributed by atoms with Crippen LogP contribution in [0.4, 0.5) is 11.4 Å². The average Bonchev–Trinajstić information content (AvgIpc) is 2.56. The average molecular weight is 397 g/mol. The van der Waals surface area contributed by atoms with Gasteiger partial charge in [0, 0.05) is 23.4 Å². The summed E-state index contributed by atoms with van der Waals surface area (Å²) >= 11 is 0. The van der Waals surface area contributed by atoms with Crippen LogP contribution < -0.4 is 5.32 Å². The van der Waals surface area contributed by atoms with Crippen LogP contribution in [0.15, 0.2) is 42.5 Å². The van der Waals surface area contributed by atoms with E-state index in [2.05, 4.69) is 15.2 Å². The van der Waals surface area contributed by atoms with Crippen LogP contribution in [0.5, 0.6) is 0 Å². The van der Waals surface area contributed by atoms with Crippen molar-refractivity contribution in [3.05, 3.63) is 52.6 Å². The summed E-state index contributed by atoms with van der Waals surface area (Å²) < 4.78 is 0. The lowest BCUT2D eigenvalue weighted by molar-refractivity contribution is -0.383. The predicted molar refractivity (Wildman–Crippen MR) is 112 cm³/mol. The van der Waals surface area contributed by atoms with Crippen molar-refractivity contribution in [3.63, 3.8) is 0 Å². The van der Waals surface area contributed by atoms with E-state index in [0.29, 0.717) is 5.52 Å². The van der Waals surface area contributed by atoms with Crippen LogP contribution in [0.3, 0.4) is 0 Å². The van der Waals surface area contributed by atoms with Gasteiger partial charge in [0.05, 0.1) is 16.1 Å². The number of para-hydroxylation sites is 2. The molecule has 3 aromatic rings. The number of nitrogens with one attached hydrogen (secondary N) is 1. The number of rotatable bonds is 6. The van der Waals surface area contributed by atoms with E-state index in [4.69, 9.17) is 0 Å². The minimum atomic E-state index is -0.375. The number of hydrogen-bond donors (Lipinski definition) is 1. The van der Waals surface area contributed by atoms with E-state index in [-0.39, 0.29) is 35.4 Å². The molecule has 0 aliphatic heterocycles.